The molecule has 3 rings (SSSR count). The van der Waals surface area contributed by atoms with E-state index in [0.29, 0.717) is 12.0 Å². The molecule has 21 heavy (non-hydrogen) atoms. The Balaban J connectivity index is 0.00000161. The Morgan fingerprint density at radius 2 is 1.95 bits per heavy atom. The second kappa shape index (κ2) is 7.52. The molecule has 3 unspecified atom stereocenters. The van der Waals surface area contributed by atoms with Crippen molar-refractivity contribution in [2.75, 3.05) is 11.6 Å². The lowest BCUT2D eigenvalue weighted by atomic mass is 9.85. The van der Waals surface area contributed by atoms with Crippen molar-refractivity contribution in [1.82, 2.24) is 5.32 Å². The van der Waals surface area contributed by atoms with Crippen LogP contribution in [-0.2, 0) is 4.79 Å². The Labute approximate surface area is 137 Å². The number of nitrogens with one attached hydrogen (secondary N) is 2. The van der Waals surface area contributed by atoms with Crippen LogP contribution in [0.3, 0.4) is 0 Å². The number of amides is 1. The van der Waals surface area contributed by atoms with Crippen LogP contribution in [0, 0.1) is 5.92 Å². The number of thioether (sulfide) groups is 1. The highest BCUT2D eigenvalue weighted by molar-refractivity contribution is 7.98. The number of hydrogen-bond acceptors (Lipinski definition) is 3. The topological polar surface area (TPSA) is 41.1 Å². The molecule has 1 saturated carbocycles. The fourth-order valence-corrected chi connectivity index (χ4v) is 3.83. The van der Waals surface area contributed by atoms with Crippen LogP contribution in [0.15, 0.2) is 29.2 Å². The maximum atomic E-state index is 12.3. The molecule has 2 fully saturated rings. The van der Waals surface area contributed by atoms with Crippen LogP contribution in [0.2, 0.25) is 0 Å². The van der Waals surface area contributed by atoms with Crippen molar-refractivity contribution < 1.29 is 4.79 Å². The van der Waals surface area contributed by atoms with Crippen LogP contribution in [-0.4, -0.2) is 24.2 Å². The van der Waals surface area contributed by atoms with Crippen molar-refractivity contribution >= 4 is 35.8 Å². The van der Waals surface area contributed by atoms with Crippen LogP contribution < -0.4 is 10.6 Å². The Hall–Kier alpha value is -0.710. The highest BCUT2D eigenvalue weighted by Crippen LogP contribution is 2.33. The van der Waals surface area contributed by atoms with Crippen molar-refractivity contribution in [2.45, 2.75) is 49.1 Å². The molecule has 0 bridgehead atoms. The van der Waals surface area contributed by atoms with Crippen LogP contribution in [0.5, 0.6) is 0 Å². The van der Waals surface area contributed by atoms with Crippen LogP contribution in [0.1, 0.15) is 32.1 Å². The number of anilines is 1. The Bertz CT molecular complexity index is 466. The van der Waals surface area contributed by atoms with Crippen molar-refractivity contribution in [3.63, 3.8) is 0 Å². The van der Waals surface area contributed by atoms with Gasteiger partial charge in [0.1, 0.15) is 0 Å². The van der Waals surface area contributed by atoms with E-state index in [0.717, 1.165) is 12.1 Å². The van der Waals surface area contributed by atoms with Gasteiger partial charge in [0.15, 0.2) is 0 Å². The molecule has 1 aromatic carbocycles. The first-order chi connectivity index (χ1) is 9.76. The van der Waals surface area contributed by atoms with Gasteiger partial charge in [-0.1, -0.05) is 12.8 Å². The molecule has 5 heteroatoms. The second-order valence-corrected chi connectivity index (χ2v) is 6.70. The first-order valence-corrected chi connectivity index (χ1v) is 8.69. The molecule has 2 aliphatic rings. The molecule has 1 heterocycles. The van der Waals surface area contributed by atoms with Crippen molar-refractivity contribution in [2.24, 2.45) is 5.92 Å². The number of benzene rings is 1. The predicted molar refractivity (Wildman–Crippen MR) is 91.4 cm³/mol. The molecule has 0 aromatic heterocycles. The number of carbonyl (C=O) groups is 1. The van der Waals surface area contributed by atoms with Crippen LogP contribution >= 0.6 is 24.2 Å². The highest BCUT2D eigenvalue weighted by atomic mass is 35.5. The van der Waals surface area contributed by atoms with Crippen LogP contribution in [0.25, 0.3) is 0 Å². The minimum absolute atomic E-state index is 0. The lowest BCUT2D eigenvalue weighted by Gasteiger charge is -2.24. The summed E-state index contributed by atoms with van der Waals surface area (Å²) in [6.45, 7) is 0. The molecule has 1 saturated heterocycles. The first kappa shape index (κ1) is 16.7. The largest absolute Gasteiger partial charge is 0.325 e. The summed E-state index contributed by atoms with van der Waals surface area (Å²) in [6.07, 6.45) is 8.20. The van der Waals surface area contributed by atoms with Gasteiger partial charge >= 0.3 is 0 Å². The standard InChI is InChI=1S/C16H22N2OS.ClH/c1-20-13-8-6-12(7-9-13)17-16(19)15-10-11-4-2-3-5-14(11)18-15;/h6-9,11,14-15,18H,2-5,10H2,1H3,(H,17,19);1H. The molecule has 3 atom stereocenters. The Kier molecular flexibility index (Phi) is 5.97. The number of carbonyl (C=O) groups excluding carboxylic acids is 1. The average Bonchev–Trinajstić information content (AvgIpc) is 2.92. The third-order valence-electron chi connectivity index (χ3n) is 4.54. The zero-order valence-electron chi connectivity index (χ0n) is 12.3. The number of hydrogen-bond donors (Lipinski definition) is 2. The zero-order chi connectivity index (χ0) is 13.9. The molecule has 1 aliphatic carbocycles. The van der Waals surface area contributed by atoms with Gasteiger partial charge in [0.25, 0.3) is 0 Å². The minimum Gasteiger partial charge on any atom is -0.325 e. The Morgan fingerprint density at radius 3 is 2.62 bits per heavy atom. The van der Waals surface area contributed by atoms with E-state index < -0.39 is 0 Å². The summed E-state index contributed by atoms with van der Waals surface area (Å²) in [6, 6.07) is 8.60. The summed E-state index contributed by atoms with van der Waals surface area (Å²) in [5.41, 5.74) is 0.893. The molecule has 2 N–H and O–H groups in total. The van der Waals surface area contributed by atoms with Crippen molar-refractivity contribution in [1.29, 1.82) is 0 Å². The van der Waals surface area contributed by atoms with E-state index in [1.807, 2.05) is 24.3 Å². The van der Waals surface area contributed by atoms with E-state index >= 15 is 0 Å². The van der Waals surface area contributed by atoms with Crippen LogP contribution in [0.4, 0.5) is 5.69 Å². The van der Waals surface area contributed by atoms with Gasteiger partial charge in [-0.15, -0.1) is 24.2 Å². The number of halogens is 1. The normalized spacial score (nSPS) is 27.6. The van der Waals surface area contributed by atoms with Gasteiger partial charge in [0, 0.05) is 16.6 Å². The predicted octanol–water partition coefficient (Wildman–Crippen LogP) is 3.69. The number of rotatable bonds is 3. The summed E-state index contributed by atoms with van der Waals surface area (Å²) < 4.78 is 0. The van der Waals surface area contributed by atoms with Gasteiger partial charge < -0.3 is 10.6 Å². The maximum absolute atomic E-state index is 12.3. The molecule has 0 radical (unpaired) electrons. The lowest BCUT2D eigenvalue weighted by Crippen LogP contribution is -2.39. The summed E-state index contributed by atoms with van der Waals surface area (Å²) >= 11 is 1.71. The Morgan fingerprint density at radius 1 is 1.24 bits per heavy atom. The average molecular weight is 327 g/mol. The van der Waals surface area contributed by atoms with Gasteiger partial charge in [-0.25, -0.2) is 0 Å². The summed E-state index contributed by atoms with van der Waals surface area (Å²) in [5, 5.41) is 6.55. The molecule has 116 valence electrons. The van der Waals surface area contributed by atoms with E-state index in [1.165, 1.54) is 30.6 Å². The van der Waals surface area contributed by atoms with Gasteiger partial charge in [0.2, 0.25) is 5.91 Å². The van der Waals surface area contributed by atoms with Crippen molar-refractivity contribution in [3.05, 3.63) is 24.3 Å². The minimum atomic E-state index is -0.0108. The van der Waals surface area contributed by atoms with Gasteiger partial charge in [-0.05, 0) is 55.7 Å². The fourth-order valence-electron chi connectivity index (χ4n) is 3.42. The van der Waals surface area contributed by atoms with Gasteiger partial charge in [0.05, 0.1) is 6.04 Å². The smallest absolute Gasteiger partial charge is 0.241 e. The number of fused-ring (bicyclic) bond motifs is 1. The van der Waals surface area contributed by atoms with Gasteiger partial charge in [-0.2, -0.15) is 0 Å². The molecule has 1 aliphatic heterocycles. The quantitative estimate of drug-likeness (QED) is 0.832. The third kappa shape index (κ3) is 3.93. The lowest BCUT2D eigenvalue weighted by molar-refractivity contribution is -0.117. The molecular weight excluding hydrogens is 304 g/mol. The monoisotopic (exact) mass is 326 g/mol. The second-order valence-electron chi connectivity index (χ2n) is 5.82. The van der Waals surface area contributed by atoms with E-state index in [1.54, 1.807) is 11.8 Å². The van der Waals surface area contributed by atoms with E-state index in [-0.39, 0.29) is 24.4 Å². The molecule has 1 aromatic rings. The van der Waals surface area contributed by atoms with Gasteiger partial charge in [-0.3, -0.25) is 4.79 Å². The molecular formula is C16H23ClN2OS. The molecule has 0 spiro atoms. The highest BCUT2D eigenvalue weighted by Gasteiger charge is 2.38. The summed E-state index contributed by atoms with van der Waals surface area (Å²) in [5.74, 6) is 0.828. The van der Waals surface area contributed by atoms with E-state index in [2.05, 4.69) is 16.9 Å². The third-order valence-corrected chi connectivity index (χ3v) is 5.28. The maximum Gasteiger partial charge on any atom is 0.241 e. The zero-order valence-corrected chi connectivity index (χ0v) is 13.9. The SMILES string of the molecule is CSc1ccc(NC(=O)C2CC3CCCCC3N2)cc1.Cl. The summed E-state index contributed by atoms with van der Waals surface area (Å²) in [4.78, 5) is 13.5. The first-order valence-electron chi connectivity index (χ1n) is 7.47. The van der Waals surface area contributed by atoms with E-state index in [4.69, 9.17) is 0 Å². The van der Waals surface area contributed by atoms with Crippen molar-refractivity contribution in [3.8, 4) is 0 Å². The fraction of sp³-hybridized carbons (Fsp3) is 0.562. The molecule has 1 amide bonds. The summed E-state index contributed by atoms with van der Waals surface area (Å²) in [7, 11) is 0. The van der Waals surface area contributed by atoms with E-state index in [9.17, 15) is 4.79 Å². The molecule has 3 nitrogen and oxygen atoms in total.